The molecule has 3 rings (SSSR count). The molecular formula is C20H18FN3O. The summed E-state index contributed by atoms with van der Waals surface area (Å²) in [6.45, 7) is 2.71. The Morgan fingerprint density at radius 3 is 2.48 bits per heavy atom. The normalized spacial score (nSPS) is 10.3. The van der Waals surface area contributed by atoms with Gasteiger partial charge >= 0.3 is 0 Å². The first kappa shape index (κ1) is 16.6. The molecule has 0 saturated carbocycles. The fourth-order valence-electron chi connectivity index (χ4n) is 2.31. The molecular weight excluding hydrogens is 317 g/mol. The van der Waals surface area contributed by atoms with Crippen LogP contribution in [-0.2, 0) is 6.54 Å². The highest BCUT2D eigenvalue weighted by Gasteiger charge is 2.10. The van der Waals surface area contributed by atoms with Gasteiger partial charge in [-0.15, -0.1) is 0 Å². The van der Waals surface area contributed by atoms with Gasteiger partial charge in [-0.3, -0.25) is 4.79 Å². The van der Waals surface area contributed by atoms with E-state index in [1.807, 2.05) is 6.92 Å². The molecule has 0 unspecified atom stereocenters. The van der Waals surface area contributed by atoms with Crippen molar-refractivity contribution in [1.29, 1.82) is 0 Å². The number of pyridine rings is 1. The molecule has 0 radical (unpaired) electrons. The Balaban J connectivity index is 1.59. The standard InChI is InChI=1S/C20H18FN3O/c1-14-6-8-15(9-7-14)12-22-19-11-10-16(13-23-19)24-20(25)17-4-2-3-5-18(17)21/h2-11,13H,12H2,1H3,(H,22,23)(H,24,25). The van der Waals surface area contributed by atoms with Crippen LogP contribution >= 0.6 is 0 Å². The van der Waals surface area contributed by atoms with Crippen LogP contribution < -0.4 is 10.6 Å². The monoisotopic (exact) mass is 335 g/mol. The average molecular weight is 335 g/mol. The van der Waals surface area contributed by atoms with Gasteiger partial charge in [0.25, 0.3) is 5.91 Å². The summed E-state index contributed by atoms with van der Waals surface area (Å²) in [5.74, 6) is -0.353. The Bertz CT molecular complexity index is 861. The maximum Gasteiger partial charge on any atom is 0.258 e. The van der Waals surface area contributed by atoms with Crippen molar-refractivity contribution in [3.63, 3.8) is 0 Å². The van der Waals surface area contributed by atoms with Crippen molar-refractivity contribution in [1.82, 2.24) is 4.98 Å². The van der Waals surface area contributed by atoms with Gasteiger partial charge in [0.05, 0.1) is 17.4 Å². The number of hydrogen-bond donors (Lipinski definition) is 2. The van der Waals surface area contributed by atoms with Gasteiger partial charge in [-0.1, -0.05) is 42.0 Å². The molecule has 0 saturated heterocycles. The van der Waals surface area contributed by atoms with Crippen molar-refractivity contribution in [2.45, 2.75) is 13.5 Å². The number of rotatable bonds is 5. The Hall–Kier alpha value is -3.21. The molecule has 126 valence electrons. The Kier molecular flexibility index (Phi) is 5.04. The Morgan fingerprint density at radius 2 is 1.80 bits per heavy atom. The van der Waals surface area contributed by atoms with E-state index in [0.717, 1.165) is 5.56 Å². The van der Waals surface area contributed by atoms with Crippen molar-refractivity contribution in [2.24, 2.45) is 0 Å². The van der Waals surface area contributed by atoms with Gasteiger partial charge in [0.15, 0.2) is 0 Å². The summed E-state index contributed by atoms with van der Waals surface area (Å²) >= 11 is 0. The smallest absolute Gasteiger partial charge is 0.258 e. The van der Waals surface area contributed by atoms with Crippen LogP contribution in [-0.4, -0.2) is 10.9 Å². The van der Waals surface area contributed by atoms with Gasteiger partial charge in [0.1, 0.15) is 11.6 Å². The molecule has 5 heteroatoms. The highest BCUT2D eigenvalue weighted by molar-refractivity contribution is 6.04. The molecule has 0 aliphatic rings. The lowest BCUT2D eigenvalue weighted by atomic mass is 10.1. The van der Waals surface area contributed by atoms with E-state index in [9.17, 15) is 9.18 Å². The minimum atomic E-state index is -0.552. The van der Waals surface area contributed by atoms with E-state index in [1.54, 1.807) is 24.3 Å². The van der Waals surface area contributed by atoms with E-state index in [1.165, 1.54) is 23.9 Å². The number of amides is 1. The van der Waals surface area contributed by atoms with Crippen molar-refractivity contribution in [2.75, 3.05) is 10.6 Å². The fraction of sp³-hybridized carbons (Fsp3) is 0.100. The molecule has 1 heterocycles. The summed E-state index contributed by atoms with van der Waals surface area (Å²) in [7, 11) is 0. The molecule has 1 aromatic heterocycles. The van der Waals surface area contributed by atoms with Crippen LogP contribution in [0.2, 0.25) is 0 Å². The number of nitrogens with zero attached hydrogens (tertiary/aromatic N) is 1. The SMILES string of the molecule is Cc1ccc(CNc2ccc(NC(=O)c3ccccc3F)cn2)cc1. The first-order chi connectivity index (χ1) is 12.1. The lowest BCUT2D eigenvalue weighted by Gasteiger charge is -2.08. The fourth-order valence-corrected chi connectivity index (χ4v) is 2.31. The minimum Gasteiger partial charge on any atom is -0.366 e. The van der Waals surface area contributed by atoms with Crippen LogP contribution in [0.4, 0.5) is 15.9 Å². The van der Waals surface area contributed by atoms with E-state index < -0.39 is 11.7 Å². The van der Waals surface area contributed by atoms with E-state index in [0.29, 0.717) is 18.1 Å². The Labute approximate surface area is 145 Å². The zero-order valence-electron chi connectivity index (χ0n) is 13.8. The molecule has 0 bridgehead atoms. The summed E-state index contributed by atoms with van der Waals surface area (Å²) in [6.07, 6.45) is 1.54. The third kappa shape index (κ3) is 4.41. The summed E-state index contributed by atoms with van der Waals surface area (Å²) in [4.78, 5) is 16.3. The number of carbonyl (C=O) groups is 1. The summed E-state index contributed by atoms with van der Waals surface area (Å²) in [5.41, 5.74) is 2.89. The average Bonchev–Trinajstić information content (AvgIpc) is 2.63. The predicted octanol–water partition coefficient (Wildman–Crippen LogP) is 4.39. The first-order valence-electron chi connectivity index (χ1n) is 7.93. The van der Waals surface area contributed by atoms with E-state index >= 15 is 0 Å². The number of aromatic nitrogens is 1. The van der Waals surface area contributed by atoms with E-state index in [4.69, 9.17) is 0 Å². The predicted molar refractivity (Wildman–Crippen MR) is 97.1 cm³/mol. The maximum absolute atomic E-state index is 13.6. The van der Waals surface area contributed by atoms with Crippen molar-refractivity contribution in [3.8, 4) is 0 Å². The molecule has 0 aliphatic heterocycles. The summed E-state index contributed by atoms with van der Waals surface area (Å²) < 4.78 is 13.6. The van der Waals surface area contributed by atoms with Crippen molar-refractivity contribution >= 4 is 17.4 Å². The first-order valence-corrected chi connectivity index (χ1v) is 7.93. The van der Waals surface area contributed by atoms with Crippen LogP contribution in [0, 0.1) is 12.7 Å². The minimum absolute atomic E-state index is 0.00377. The van der Waals surface area contributed by atoms with Gasteiger partial charge in [-0.25, -0.2) is 9.37 Å². The molecule has 25 heavy (non-hydrogen) atoms. The van der Waals surface area contributed by atoms with Gasteiger partial charge in [0.2, 0.25) is 0 Å². The zero-order chi connectivity index (χ0) is 17.6. The number of benzene rings is 2. The van der Waals surface area contributed by atoms with Crippen molar-refractivity contribution in [3.05, 3.63) is 89.4 Å². The van der Waals surface area contributed by atoms with Gasteiger partial charge < -0.3 is 10.6 Å². The van der Waals surface area contributed by atoms with Gasteiger partial charge in [-0.2, -0.15) is 0 Å². The number of halogens is 1. The second-order valence-corrected chi connectivity index (χ2v) is 5.71. The second-order valence-electron chi connectivity index (χ2n) is 5.71. The van der Waals surface area contributed by atoms with Crippen LogP contribution in [0.25, 0.3) is 0 Å². The molecule has 0 aliphatic carbocycles. The lowest BCUT2D eigenvalue weighted by Crippen LogP contribution is -2.13. The van der Waals surface area contributed by atoms with E-state index in [2.05, 4.69) is 39.9 Å². The highest BCUT2D eigenvalue weighted by Crippen LogP contribution is 2.14. The van der Waals surface area contributed by atoms with Gasteiger partial charge in [0, 0.05) is 6.54 Å². The second kappa shape index (κ2) is 7.57. The molecule has 2 aromatic carbocycles. The molecule has 4 nitrogen and oxygen atoms in total. The van der Waals surface area contributed by atoms with Crippen LogP contribution in [0.5, 0.6) is 0 Å². The maximum atomic E-state index is 13.6. The van der Waals surface area contributed by atoms with Crippen LogP contribution in [0.3, 0.4) is 0 Å². The number of nitrogens with one attached hydrogen (secondary N) is 2. The lowest BCUT2D eigenvalue weighted by molar-refractivity contribution is 0.102. The van der Waals surface area contributed by atoms with Gasteiger partial charge in [-0.05, 0) is 36.8 Å². The topological polar surface area (TPSA) is 54.0 Å². The van der Waals surface area contributed by atoms with Crippen molar-refractivity contribution < 1.29 is 9.18 Å². The molecule has 2 N–H and O–H groups in total. The molecule has 1 amide bonds. The number of anilines is 2. The number of hydrogen-bond acceptors (Lipinski definition) is 3. The number of aryl methyl sites for hydroxylation is 1. The number of carbonyl (C=O) groups excluding carboxylic acids is 1. The molecule has 3 aromatic rings. The largest absolute Gasteiger partial charge is 0.366 e. The van der Waals surface area contributed by atoms with E-state index in [-0.39, 0.29) is 5.56 Å². The Morgan fingerprint density at radius 1 is 1.04 bits per heavy atom. The summed E-state index contributed by atoms with van der Waals surface area (Å²) in [6, 6.07) is 17.6. The third-order valence-electron chi connectivity index (χ3n) is 3.73. The van der Waals surface area contributed by atoms with Crippen LogP contribution in [0.1, 0.15) is 21.5 Å². The zero-order valence-corrected chi connectivity index (χ0v) is 13.8. The third-order valence-corrected chi connectivity index (χ3v) is 3.73. The molecule has 0 atom stereocenters. The molecule has 0 fully saturated rings. The quantitative estimate of drug-likeness (QED) is 0.727. The highest BCUT2D eigenvalue weighted by atomic mass is 19.1. The molecule has 0 spiro atoms. The van der Waals surface area contributed by atoms with Crippen LogP contribution in [0.15, 0.2) is 66.9 Å². The summed E-state index contributed by atoms with van der Waals surface area (Å²) in [5, 5.41) is 5.85.